The number of aromatic nitrogens is 5. The summed E-state index contributed by atoms with van der Waals surface area (Å²) in [4.78, 5) is 12.5. The monoisotopic (exact) mass is 637 g/mol. The fourth-order valence-electron chi connectivity index (χ4n) is 3.42. The number of rotatable bonds is 13. The number of hydrogen-bond acceptors (Lipinski definition) is 12. The molecule has 0 unspecified atom stereocenters. The van der Waals surface area contributed by atoms with Crippen molar-refractivity contribution in [1.82, 2.24) is 25.1 Å². The van der Waals surface area contributed by atoms with Crippen LogP contribution in [-0.4, -0.2) is 42.9 Å². The summed E-state index contributed by atoms with van der Waals surface area (Å²) >= 11 is 10.2. The number of para-hydroxylation sites is 1. The first-order valence-electron chi connectivity index (χ1n) is 12.4. The van der Waals surface area contributed by atoms with Crippen molar-refractivity contribution in [3.8, 4) is 5.75 Å². The Labute approximate surface area is 258 Å². The Hall–Kier alpha value is -4.11. The molecule has 2 aromatic heterocycles. The molecule has 0 fully saturated rings. The van der Waals surface area contributed by atoms with Crippen LogP contribution in [0.2, 0.25) is 5.02 Å². The van der Waals surface area contributed by atoms with E-state index < -0.39 is 0 Å². The van der Waals surface area contributed by atoms with E-state index in [4.69, 9.17) is 22.2 Å². The van der Waals surface area contributed by atoms with Gasteiger partial charge in [-0.2, -0.15) is 5.10 Å². The van der Waals surface area contributed by atoms with Crippen molar-refractivity contribution in [2.45, 2.75) is 21.9 Å². The van der Waals surface area contributed by atoms with E-state index in [1.54, 1.807) is 18.0 Å². The van der Waals surface area contributed by atoms with E-state index in [0.29, 0.717) is 27.7 Å². The molecule has 4 N–H and O–H groups in total. The summed E-state index contributed by atoms with van der Waals surface area (Å²) in [6.45, 7) is 0.316. The van der Waals surface area contributed by atoms with Gasteiger partial charge in [0, 0.05) is 21.9 Å². The average molecular weight is 638 g/mol. The molecule has 42 heavy (non-hydrogen) atoms. The van der Waals surface area contributed by atoms with E-state index in [1.165, 1.54) is 21.6 Å². The molecular formula is C27H24ClN9O2S3. The standard InChI is InChI=1S/C27H24ClN9O2S3/c28-21-12-6-4-11-20(21)15-39-22-13-7-5-10-19(22)14-30-32-24-33-35-26(37(24)29)40-17-23(38)31-25-34-36-27(42-25)41-16-18-8-2-1-3-9-18/h1-14H,15-17,29H2,(H,32,33)(H,31,34,38)/b30-14+. The lowest BCUT2D eigenvalue weighted by Crippen LogP contribution is -2.16. The van der Waals surface area contributed by atoms with Gasteiger partial charge in [0.05, 0.1) is 12.0 Å². The van der Waals surface area contributed by atoms with E-state index in [1.807, 2.05) is 66.7 Å². The molecular weight excluding hydrogens is 614 g/mol. The first-order chi connectivity index (χ1) is 20.5. The number of hydrogen-bond donors (Lipinski definition) is 3. The predicted octanol–water partition coefficient (Wildman–Crippen LogP) is 5.54. The van der Waals surface area contributed by atoms with Crippen LogP contribution in [0.1, 0.15) is 16.7 Å². The van der Waals surface area contributed by atoms with Crippen LogP contribution in [-0.2, 0) is 17.2 Å². The van der Waals surface area contributed by atoms with Gasteiger partial charge < -0.3 is 10.6 Å². The van der Waals surface area contributed by atoms with Gasteiger partial charge in [-0.1, -0.05) is 107 Å². The van der Waals surface area contributed by atoms with E-state index in [0.717, 1.165) is 33.0 Å². The Balaban J connectivity index is 1.09. The lowest BCUT2D eigenvalue weighted by molar-refractivity contribution is -0.113. The van der Waals surface area contributed by atoms with E-state index >= 15 is 0 Å². The van der Waals surface area contributed by atoms with Crippen LogP contribution in [0.3, 0.4) is 0 Å². The molecule has 11 nitrogen and oxygen atoms in total. The number of thioether (sulfide) groups is 2. The van der Waals surface area contributed by atoms with Gasteiger partial charge in [0.15, 0.2) is 4.34 Å². The van der Waals surface area contributed by atoms with Gasteiger partial charge in [-0.15, -0.1) is 20.4 Å². The third-order valence-corrected chi connectivity index (χ3v) is 8.84. The van der Waals surface area contributed by atoms with Crippen molar-refractivity contribution in [2.24, 2.45) is 5.10 Å². The van der Waals surface area contributed by atoms with Crippen molar-refractivity contribution in [3.05, 3.63) is 101 Å². The number of carbonyl (C=O) groups excluding carboxylic acids is 1. The Morgan fingerprint density at radius 3 is 2.64 bits per heavy atom. The zero-order valence-corrected chi connectivity index (χ0v) is 25.1. The molecule has 0 aliphatic heterocycles. The molecule has 2 heterocycles. The molecule has 0 saturated heterocycles. The SMILES string of the molecule is Nn1c(N/N=C/c2ccccc2OCc2ccccc2Cl)nnc1SCC(=O)Nc1nnc(SCc2ccccc2)s1. The summed E-state index contributed by atoms with van der Waals surface area (Å²) in [5, 5.41) is 24.6. The quantitative estimate of drug-likeness (QED) is 0.0494. The van der Waals surface area contributed by atoms with Crippen molar-refractivity contribution in [3.63, 3.8) is 0 Å². The van der Waals surface area contributed by atoms with E-state index in [-0.39, 0.29) is 17.6 Å². The molecule has 0 saturated carbocycles. The van der Waals surface area contributed by atoms with Crippen LogP contribution in [0.4, 0.5) is 11.1 Å². The van der Waals surface area contributed by atoms with Gasteiger partial charge in [0.2, 0.25) is 16.2 Å². The largest absolute Gasteiger partial charge is 0.488 e. The number of nitrogens with one attached hydrogen (secondary N) is 2. The lowest BCUT2D eigenvalue weighted by Gasteiger charge is -2.10. The molecule has 0 aliphatic carbocycles. The Morgan fingerprint density at radius 1 is 1.00 bits per heavy atom. The van der Waals surface area contributed by atoms with Gasteiger partial charge in [0.25, 0.3) is 5.95 Å². The van der Waals surface area contributed by atoms with Gasteiger partial charge in [-0.25, -0.2) is 10.1 Å². The summed E-state index contributed by atoms with van der Waals surface area (Å²) in [5.41, 5.74) is 5.58. The van der Waals surface area contributed by atoms with Crippen LogP contribution in [0.15, 0.2) is 93.5 Å². The molecule has 214 valence electrons. The first-order valence-corrected chi connectivity index (χ1v) is 15.6. The van der Waals surface area contributed by atoms with Gasteiger partial charge >= 0.3 is 0 Å². The van der Waals surface area contributed by atoms with Crippen molar-refractivity contribution >= 4 is 69.7 Å². The molecule has 0 atom stereocenters. The minimum Gasteiger partial charge on any atom is -0.488 e. The summed E-state index contributed by atoms with van der Waals surface area (Å²) in [5.74, 6) is 7.51. The molecule has 0 aliphatic rings. The summed E-state index contributed by atoms with van der Waals surface area (Å²) in [6.07, 6.45) is 1.59. The molecule has 3 aromatic carbocycles. The summed E-state index contributed by atoms with van der Waals surface area (Å²) in [6, 6.07) is 25.0. The maximum absolute atomic E-state index is 12.5. The highest BCUT2D eigenvalue weighted by Gasteiger charge is 2.14. The fourth-order valence-corrected chi connectivity index (χ4v) is 5.99. The smallest absolute Gasteiger partial charge is 0.264 e. The number of nitrogens with two attached hydrogens (primary N) is 1. The van der Waals surface area contributed by atoms with E-state index in [9.17, 15) is 4.79 Å². The van der Waals surface area contributed by atoms with Crippen molar-refractivity contribution in [1.29, 1.82) is 0 Å². The molecule has 0 radical (unpaired) electrons. The summed E-state index contributed by atoms with van der Waals surface area (Å²) < 4.78 is 7.95. The summed E-state index contributed by atoms with van der Waals surface area (Å²) in [7, 11) is 0. The van der Waals surface area contributed by atoms with Crippen LogP contribution in [0.5, 0.6) is 5.75 Å². The van der Waals surface area contributed by atoms with E-state index in [2.05, 4.69) is 48.4 Å². The number of nitrogen functional groups attached to an aromatic ring is 1. The third kappa shape index (κ3) is 8.22. The van der Waals surface area contributed by atoms with Crippen LogP contribution < -0.4 is 21.3 Å². The number of nitrogens with zero attached hydrogens (tertiary/aromatic N) is 6. The van der Waals surface area contributed by atoms with Crippen LogP contribution in [0, 0.1) is 0 Å². The number of carbonyl (C=O) groups is 1. The first kappa shape index (κ1) is 29.4. The highest BCUT2D eigenvalue weighted by Crippen LogP contribution is 2.28. The second-order valence-corrected chi connectivity index (χ2v) is 12.0. The number of amides is 1. The van der Waals surface area contributed by atoms with Crippen molar-refractivity contribution in [2.75, 3.05) is 22.3 Å². The molecule has 0 spiro atoms. The second-order valence-electron chi connectivity index (χ2n) is 8.45. The van der Waals surface area contributed by atoms with Gasteiger partial charge in [-0.3, -0.25) is 10.1 Å². The molecule has 0 bridgehead atoms. The topological polar surface area (TPSA) is 145 Å². The fraction of sp³-hybridized carbons (Fsp3) is 0.111. The van der Waals surface area contributed by atoms with Crippen LogP contribution in [0.25, 0.3) is 0 Å². The minimum absolute atomic E-state index is 0.0564. The highest BCUT2D eigenvalue weighted by molar-refractivity contribution is 8.00. The second kappa shape index (κ2) is 14.7. The highest BCUT2D eigenvalue weighted by atomic mass is 35.5. The zero-order chi connectivity index (χ0) is 29.1. The van der Waals surface area contributed by atoms with Crippen molar-refractivity contribution < 1.29 is 9.53 Å². The van der Waals surface area contributed by atoms with Crippen LogP contribution >= 0.6 is 46.5 Å². The predicted molar refractivity (Wildman–Crippen MR) is 169 cm³/mol. The molecule has 5 rings (SSSR count). The normalized spacial score (nSPS) is 11.1. The van der Waals surface area contributed by atoms with Gasteiger partial charge in [0.1, 0.15) is 12.4 Å². The zero-order valence-electron chi connectivity index (χ0n) is 21.9. The number of benzene rings is 3. The lowest BCUT2D eigenvalue weighted by atomic mass is 10.2. The Morgan fingerprint density at radius 2 is 1.79 bits per heavy atom. The minimum atomic E-state index is -0.264. The maximum atomic E-state index is 12.5. The molecule has 15 heteroatoms. The molecule has 5 aromatic rings. The number of halogens is 1. The number of anilines is 2. The Bertz CT molecular complexity index is 1660. The number of hydrazone groups is 1. The maximum Gasteiger partial charge on any atom is 0.264 e. The number of ether oxygens (including phenoxy) is 1. The van der Waals surface area contributed by atoms with Gasteiger partial charge in [-0.05, 0) is 23.8 Å². The Kier molecular flexibility index (Phi) is 10.3. The third-order valence-electron chi connectivity index (χ3n) is 5.48. The molecule has 1 amide bonds. The average Bonchev–Trinajstić information content (AvgIpc) is 3.61.